The number of aromatic nitrogens is 1. The van der Waals surface area contributed by atoms with E-state index >= 15 is 0 Å². The van der Waals surface area contributed by atoms with Crippen molar-refractivity contribution in [3.05, 3.63) is 54.2 Å². The van der Waals surface area contributed by atoms with Crippen molar-refractivity contribution >= 4 is 5.84 Å². The van der Waals surface area contributed by atoms with Crippen LogP contribution in [0.25, 0.3) is 22.8 Å². The van der Waals surface area contributed by atoms with Gasteiger partial charge in [-0.15, -0.1) is 0 Å². The Morgan fingerprint density at radius 3 is 2.21 bits per heavy atom. The highest BCUT2D eigenvalue weighted by Gasteiger charge is 2.11. The fraction of sp³-hybridized carbons (Fsp3) is 0.111. The molecule has 6 nitrogen and oxygen atoms in total. The summed E-state index contributed by atoms with van der Waals surface area (Å²) in [6, 6.07) is 12.8. The second-order valence-electron chi connectivity index (χ2n) is 5.11. The number of nitrogens with one attached hydrogen (secondary N) is 1. The summed E-state index contributed by atoms with van der Waals surface area (Å²) in [5, 5.41) is 7.39. The van der Waals surface area contributed by atoms with Crippen LogP contribution in [0, 0.1) is 5.41 Å². The lowest BCUT2D eigenvalue weighted by Gasteiger charge is -2.06. The van der Waals surface area contributed by atoms with E-state index < -0.39 is 0 Å². The summed E-state index contributed by atoms with van der Waals surface area (Å²) in [6.45, 7) is 0. The van der Waals surface area contributed by atoms with E-state index in [1.54, 1.807) is 38.6 Å². The quantitative estimate of drug-likeness (QED) is 0.555. The van der Waals surface area contributed by atoms with Crippen LogP contribution < -0.4 is 15.2 Å². The third-order valence-electron chi connectivity index (χ3n) is 3.57. The monoisotopic (exact) mass is 323 g/mol. The largest absolute Gasteiger partial charge is 0.497 e. The average molecular weight is 323 g/mol. The van der Waals surface area contributed by atoms with Crippen LogP contribution in [0.3, 0.4) is 0 Å². The fourth-order valence-corrected chi connectivity index (χ4v) is 2.28. The summed E-state index contributed by atoms with van der Waals surface area (Å²) in [6.07, 6.45) is 1.55. The zero-order valence-electron chi connectivity index (χ0n) is 13.4. The molecule has 0 radical (unpaired) electrons. The molecular formula is C18H17N3O3. The van der Waals surface area contributed by atoms with Crippen molar-refractivity contribution in [1.82, 2.24) is 4.98 Å². The Morgan fingerprint density at radius 1 is 1.00 bits per heavy atom. The topological polar surface area (TPSA) is 94.4 Å². The molecule has 0 unspecified atom stereocenters. The van der Waals surface area contributed by atoms with E-state index in [2.05, 4.69) is 4.98 Å². The summed E-state index contributed by atoms with van der Waals surface area (Å²) in [5.41, 5.74) is 7.52. The van der Waals surface area contributed by atoms with Crippen molar-refractivity contribution in [2.24, 2.45) is 5.73 Å². The molecule has 0 atom stereocenters. The van der Waals surface area contributed by atoms with E-state index in [4.69, 9.17) is 25.0 Å². The maximum Gasteiger partial charge on any atom is 0.153 e. The Kier molecular flexibility index (Phi) is 4.20. The summed E-state index contributed by atoms with van der Waals surface area (Å²) in [7, 11) is 3.21. The molecule has 24 heavy (non-hydrogen) atoms. The number of nitrogens with zero attached hydrogens (tertiary/aromatic N) is 1. The van der Waals surface area contributed by atoms with E-state index in [0.717, 1.165) is 5.56 Å². The van der Waals surface area contributed by atoms with Crippen LogP contribution in [-0.2, 0) is 0 Å². The lowest BCUT2D eigenvalue weighted by atomic mass is 10.1. The standard InChI is InChI=1S/C18H17N3O3/c1-22-13-7-12(8-14(9-13)23-2)16-5-6-17(24-16)15-4-3-11(10-21-15)18(19)20/h3-10H,1-2H3,(H3,19,20). The molecule has 3 rings (SSSR count). The first-order valence-electron chi connectivity index (χ1n) is 7.25. The number of hydrogen-bond acceptors (Lipinski definition) is 5. The number of nitrogen functional groups attached to an aromatic ring is 1. The summed E-state index contributed by atoms with van der Waals surface area (Å²) >= 11 is 0. The van der Waals surface area contributed by atoms with Gasteiger partial charge >= 0.3 is 0 Å². The van der Waals surface area contributed by atoms with Crippen LogP contribution in [0.15, 0.2) is 53.1 Å². The smallest absolute Gasteiger partial charge is 0.153 e. The highest BCUT2D eigenvalue weighted by atomic mass is 16.5. The van der Waals surface area contributed by atoms with Crippen molar-refractivity contribution in [2.75, 3.05) is 14.2 Å². The minimum Gasteiger partial charge on any atom is -0.497 e. The Hall–Kier alpha value is -3.28. The average Bonchev–Trinajstić information content (AvgIpc) is 3.11. The molecular weight excluding hydrogens is 306 g/mol. The number of pyridine rings is 1. The van der Waals surface area contributed by atoms with Crippen molar-refractivity contribution in [3.8, 4) is 34.3 Å². The first-order chi connectivity index (χ1) is 11.6. The fourth-order valence-electron chi connectivity index (χ4n) is 2.28. The molecule has 0 saturated carbocycles. The molecule has 2 aromatic heterocycles. The van der Waals surface area contributed by atoms with E-state index in [1.165, 1.54) is 0 Å². The molecule has 0 aliphatic heterocycles. The van der Waals surface area contributed by atoms with Gasteiger partial charge in [0, 0.05) is 23.4 Å². The number of nitrogens with two attached hydrogens (primary N) is 1. The zero-order valence-corrected chi connectivity index (χ0v) is 13.4. The third-order valence-corrected chi connectivity index (χ3v) is 3.57. The predicted molar refractivity (Wildman–Crippen MR) is 91.5 cm³/mol. The van der Waals surface area contributed by atoms with Crippen molar-refractivity contribution in [1.29, 1.82) is 5.41 Å². The SMILES string of the molecule is COc1cc(OC)cc(-c2ccc(-c3ccc(C(=N)N)cn3)o2)c1. The Morgan fingerprint density at radius 2 is 1.67 bits per heavy atom. The van der Waals surface area contributed by atoms with Crippen LogP contribution in [0.4, 0.5) is 0 Å². The van der Waals surface area contributed by atoms with Crippen LogP contribution >= 0.6 is 0 Å². The van der Waals surface area contributed by atoms with Gasteiger partial charge in [-0.2, -0.15) is 0 Å². The maximum atomic E-state index is 7.39. The summed E-state index contributed by atoms with van der Waals surface area (Å²) in [4.78, 5) is 4.28. The third kappa shape index (κ3) is 3.08. The first kappa shape index (κ1) is 15.6. The van der Waals surface area contributed by atoms with E-state index in [9.17, 15) is 0 Å². The molecule has 0 spiro atoms. The molecule has 1 aromatic carbocycles. The molecule has 0 amide bonds. The molecule has 6 heteroatoms. The molecule has 0 fully saturated rings. The van der Waals surface area contributed by atoms with Crippen molar-refractivity contribution < 1.29 is 13.9 Å². The molecule has 0 bridgehead atoms. The zero-order chi connectivity index (χ0) is 17.1. The maximum absolute atomic E-state index is 7.39. The van der Waals surface area contributed by atoms with Gasteiger partial charge in [-0.05, 0) is 36.4 Å². The summed E-state index contributed by atoms with van der Waals surface area (Å²) < 4.78 is 16.5. The lowest BCUT2D eigenvalue weighted by Crippen LogP contribution is -2.11. The number of rotatable bonds is 5. The van der Waals surface area contributed by atoms with Crippen LogP contribution in [0.2, 0.25) is 0 Å². The number of amidine groups is 1. The van der Waals surface area contributed by atoms with Gasteiger partial charge in [0.1, 0.15) is 28.8 Å². The number of ether oxygens (including phenoxy) is 2. The second kappa shape index (κ2) is 6.45. The highest BCUT2D eigenvalue weighted by Crippen LogP contribution is 2.32. The number of methoxy groups -OCH3 is 2. The van der Waals surface area contributed by atoms with Crippen LogP contribution in [-0.4, -0.2) is 25.0 Å². The van der Waals surface area contributed by atoms with Gasteiger partial charge in [0.2, 0.25) is 0 Å². The molecule has 0 aliphatic carbocycles. The van der Waals surface area contributed by atoms with Gasteiger partial charge in [-0.25, -0.2) is 0 Å². The highest BCUT2D eigenvalue weighted by molar-refractivity contribution is 5.94. The van der Waals surface area contributed by atoms with Gasteiger partial charge in [0.15, 0.2) is 5.76 Å². The van der Waals surface area contributed by atoms with Crippen LogP contribution in [0.1, 0.15) is 5.56 Å². The number of benzene rings is 1. The second-order valence-corrected chi connectivity index (χ2v) is 5.11. The molecule has 2 heterocycles. The van der Waals surface area contributed by atoms with Gasteiger partial charge < -0.3 is 19.6 Å². The normalized spacial score (nSPS) is 10.4. The first-order valence-corrected chi connectivity index (χ1v) is 7.25. The minimum atomic E-state index is -0.0161. The van der Waals surface area contributed by atoms with E-state index in [1.807, 2.05) is 24.3 Å². The Balaban J connectivity index is 1.94. The molecule has 3 N–H and O–H groups in total. The minimum absolute atomic E-state index is 0.0161. The summed E-state index contributed by atoms with van der Waals surface area (Å²) in [5.74, 6) is 2.66. The van der Waals surface area contributed by atoms with Crippen LogP contribution in [0.5, 0.6) is 11.5 Å². The molecule has 0 saturated heterocycles. The van der Waals surface area contributed by atoms with Gasteiger partial charge in [0.05, 0.1) is 14.2 Å². The van der Waals surface area contributed by atoms with E-state index in [-0.39, 0.29) is 5.84 Å². The Labute approximate surface area is 139 Å². The van der Waals surface area contributed by atoms with Gasteiger partial charge in [0.25, 0.3) is 0 Å². The van der Waals surface area contributed by atoms with Gasteiger partial charge in [-0.1, -0.05) is 0 Å². The van der Waals surface area contributed by atoms with E-state index in [0.29, 0.717) is 34.3 Å². The number of furan rings is 1. The number of hydrogen-bond donors (Lipinski definition) is 2. The lowest BCUT2D eigenvalue weighted by molar-refractivity contribution is 0.394. The predicted octanol–water partition coefficient (Wildman–Crippen LogP) is 3.31. The molecule has 3 aromatic rings. The molecule has 0 aliphatic rings. The molecule has 122 valence electrons. The van der Waals surface area contributed by atoms with Crippen molar-refractivity contribution in [3.63, 3.8) is 0 Å². The Bertz CT molecular complexity index is 847. The van der Waals surface area contributed by atoms with Gasteiger partial charge in [-0.3, -0.25) is 10.4 Å². The van der Waals surface area contributed by atoms with Crippen molar-refractivity contribution in [2.45, 2.75) is 0 Å².